The minimum atomic E-state index is 0.00212. The molecule has 2 aromatic heterocycles. The third kappa shape index (κ3) is 3.15. The highest BCUT2D eigenvalue weighted by Crippen LogP contribution is 2.36. The second-order valence-electron chi connectivity index (χ2n) is 8.84. The molecule has 3 aliphatic heterocycles. The topological polar surface area (TPSA) is 80.2 Å². The molecular weight excluding hydrogens is 392 g/mol. The van der Waals surface area contributed by atoms with Crippen LogP contribution in [0.3, 0.4) is 0 Å². The standard InChI is InChI=1S/C24H24N4O3/c29-22(11-15-1-4-21-17(9-15)5-8-31-21)27-12-16-10-18(14-27)20-3-2-19(23-25-6-7-26-23)24(30)28(20)13-16/h1-4,6-7,9,16,18H,5,8,10-14H2,(H,25,26)/t16-,18+/m0/s1. The zero-order valence-electron chi connectivity index (χ0n) is 17.2. The summed E-state index contributed by atoms with van der Waals surface area (Å²) in [7, 11) is 0. The number of H-pyrrole nitrogens is 1. The molecule has 0 unspecified atom stereocenters. The van der Waals surface area contributed by atoms with Crippen LogP contribution in [0.2, 0.25) is 0 Å². The van der Waals surface area contributed by atoms with Gasteiger partial charge in [-0.3, -0.25) is 9.59 Å². The van der Waals surface area contributed by atoms with Crippen LogP contribution in [-0.4, -0.2) is 45.0 Å². The van der Waals surface area contributed by atoms with E-state index in [9.17, 15) is 9.59 Å². The normalized spacial score (nSPS) is 21.4. The Bertz CT molecular complexity index is 1210. The van der Waals surface area contributed by atoms with Gasteiger partial charge >= 0.3 is 0 Å². The Morgan fingerprint density at radius 1 is 1.19 bits per heavy atom. The minimum absolute atomic E-state index is 0.00212. The lowest BCUT2D eigenvalue weighted by atomic mass is 9.82. The first-order valence-electron chi connectivity index (χ1n) is 10.9. The SMILES string of the molecule is O=C(Cc1ccc2c(c1)CCO2)N1C[C@@H]2C[C@H](C1)c1ccc(-c3ncc[nH]3)c(=O)n1C2. The first-order valence-corrected chi connectivity index (χ1v) is 10.9. The molecule has 1 aromatic carbocycles. The quantitative estimate of drug-likeness (QED) is 0.711. The van der Waals surface area contributed by atoms with Crippen molar-refractivity contribution in [2.45, 2.75) is 31.7 Å². The van der Waals surface area contributed by atoms with Crippen molar-refractivity contribution in [3.8, 4) is 17.1 Å². The van der Waals surface area contributed by atoms with E-state index in [1.807, 2.05) is 33.7 Å². The summed E-state index contributed by atoms with van der Waals surface area (Å²) in [5.74, 6) is 2.21. The van der Waals surface area contributed by atoms with Gasteiger partial charge in [-0.15, -0.1) is 0 Å². The van der Waals surface area contributed by atoms with Crippen LogP contribution in [0, 0.1) is 5.92 Å². The summed E-state index contributed by atoms with van der Waals surface area (Å²) in [5, 5.41) is 0. The second kappa shape index (κ2) is 7.11. The van der Waals surface area contributed by atoms with E-state index in [2.05, 4.69) is 16.0 Å². The first-order chi connectivity index (χ1) is 15.2. The zero-order chi connectivity index (χ0) is 20.9. The smallest absolute Gasteiger partial charge is 0.261 e. The number of hydrogen-bond donors (Lipinski definition) is 1. The van der Waals surface area contributed by atoms with Crippen LogP contribution in [0.25, 0.3) is 11.4 Å². The van der Waals surface area contributed by atoms with Gasteiger partial charge in [0.25, 0.3) is 5.56 Å². The molecule has 3 aromatic rings. The fourth-order valence-electron chi connectivity index (χ4n) is 5.38. The molecule has 5 heterocycles. The van der Waals surface area contributed by atoms with E-state index in [0.29, 0.717) is 43.4 Å². The third-order valence-corrected chi connectivity index (χ3v) is 6.82. The zero-order valence-corrected chi connectivity index (χ0v) is 17.2. The molecular formula is C24H24N4O3. The number of aromatic nitrogens is 3. The maximum Gasteiger partial charge on any atom is 0.261 e. The Labute approximate surface area is 179 Å². The first kappa shape index (κ1) is 18.4. The van der Waals surface area contributed by atoms with Crippen molar-refractivity contribution in [3.63, 3.8) is 0 Å². The van der Waals surface area contributed by atoms with E-state index in [-0.39, 0.29) is 17.4 Å². The molecule has 0 saturated carbocycles. The van der Waals surface area contributed by atoms with Crippen molar-refractivity contribution in [2.75, 3.05) is 19.7 Å². The summed E-state index contributed by atoms with van der Waals surface area (Å²) in [6.45, 7) is 2.75. The summed E-state index contributed by atoms with van der Waals surface area (Å²) >= 11 is 0. The van der Waals surface area contributed by atoms with Gasteiger partial charge in [0, 0.05) is 50.1 Å². The number of amides is 1. The van der Waals surface area contributed by atoms with Crippen LogP contribution in [0.1, 0.15) is 29.2 Å². The van der Waals surface area contributed by atoms with Crippen molar-refractivity contribution >= 4 is 5.91 Å². The van der Waals surface area contributed by atoms with Crippen molar-refractivity contribution in [2.24, 2.45) is 5.92 Å². The number of benzene rings is 1. The van der Waals surface area contributed by atoms with Gasteiger partial charge in [0.05, 0.1) is 18.6 Å². The summed E-state index contributed by atoms with van der Waals surface area (Å²) in [6.07, 6.45) is 5.74. The van der Waals surface area contributed by atoms with E-state index in [1.54, 1.807) is 12.4 Å². The Morgan fingerprint density at radius 2 is 2.13 bits per heavy atom. The molecule has 0 spiro atoms. The molecule has 0 radical (unpaired) electrons. The highest BCUT2D eigenvalue weighted by molar-refractivity contribution is 5.79. The summed E-state index contributed by atoms with van der Waals surface area (Å²) < 4.78 is 7.47. The second-order valence-corrected chi connectivity index (χ2v) is 8.84. The van der Waals surface area contributed by atoms with Crippen LogP contribution >= 0.6 is 0 Å². The van der Waals surface area contributed by atoms with Crippen LogP contribution in [-0.2, 0) is 24.2 Å². The lowest BCUT2D eigenvalue weighted by molar-refractivity contribution is -0.133. The number of aromatic amines is 1. The van der Waals surface area contributed by atoms with Crippen LogP contribution in [0.5, 0.6) is 5.75 Å². The van der Waals surface area contributed by atoms with Crippen LogP contribution in [0.4, 0.5) is 0 Å². The van der Waals surface area contributed by atoms with E-state index >= 15 is 0 Å². The highest BCUT2D eigenvalue weighted by Gasteiger charge is 2.36. The number of pyridine rings is 1. The van der Waals surface area contributed by atoms with E-state index in [4.69, 9.17) is 4.74 Å². The molecule has 1 N–H and O–H groups in total. The lowest BCUT2D eigenvalue weighted by Crippen LogP contribution is -2.49. The van der Waals surface area contributed by atoms with Gasteiger partial charge in [-0.25, -0.2) is 4.98 Å². The van der Waals surface area contributed by atoms with Gasteiger partial charge in [-0.2, -0.15) is 0 Å². The Morgan fingerprint density at radius 3 is 3.00 bits per heavy atom. The van der Waals surface area contributed by atoms with Crippen molar-refractivity contribution in [1.29, 1.82) is 0 Å². The van der Waals surface area contributed by atoms with Crippen molar-refractivity contribution < 1.29 is 9.53 Å². The number of fused-ring (bicyclic) bond motifs is 5. The maximum absolute atomic E-state index is 13.1. The minimum Gasteiger partial charge on any atom is -0.493 e. The number of nitrogens with one attached hydrogen (secondary N) is 1. The number of imidazole rings is 1. The Kier molecular flexibility index (Phi) is 4.23. The molecule has 6 rings (SSSR count). The van der Waals surface area contributed by atoms with Gasteiger partial charge in [-0.1, -0.05) is 12.1 Å². The number of ether oxygens (including phenoxy) is 1. The van der Waals surface area contributed by atoms with Gasteiger partial charge in [0.15, 0.2) is 0 Å². The monoisotopic (exact) mass is 416 g/mol. The Balaban J connectivity index is 1.23. The average Bonchev–Trinajstić information content (AvgIpc) is 3.46. The predicted octanol–water partition coefficient (Wildman–Crippen LogP) is 2.36. The molecule has 1 fully saturated rings. The molecule has 158 valence electrons. The van der Waals surface area contributed by atoms with E-state index in [0.717, 1.165) is 36.5 Å². The summed E-state index contributed by atoms with van der Waals surface area (Å²) in [4.78, 5) is 35.5. The van der Waals surface area contributed by atoms with Gasteiger partial charge in [0.1, 0.15) is 11.6 Å². The number of nitrogens with zero attached hydrogens (tertiary/aromatic N) is 3. The Hall–Kier alpha value is -3.35. The molecule has 7 nitrogen and oxygen atoms in total. The number of carbonyl (C=O) groups excluding carboxylic acids is 1. The fourth-order valence-corrected chi connectivity index (χ4v) is 5.38. The van der Waals surface area contributed by atoms with Gasteiger partial charge in [0.2, 0.25) is 5.91 Å². The van der Waals surface area contributed by atoms with Gasteiger partial charge in [-0.05, 0) is 41.7 Å². The molecule has 1 amide bonds. The average molecular weight is 416 g/mol. The molecule has 31 heavy (non-hydrogen) atoms. The van der Waals surface area contributed by atoms with Crippen molar-refractivity contribution in [1.82, 2.24) is 19.4 Å². The molecule has 7 heteroatoms. The molecule has 1 saturated heterocycles. The van der Waals surface area contributed by atoms with E-state index < -0.39 is 0 Å². The van der Waals surface area contributed by atoms with Crippen LogP contribution in [0.15, 0.2) is 47.5 Å². The summed E-state index contributed by atoms with van der Waals surface area (Å²) in [6, 6.07) is 9.98. The molecule has 0 aliphatic carbocycles. The van der Waals surface area contributed by atoms with Crippen molar-refractivity contribution in [3.05, 3.63) is 69.9 Å². The third-order valence-electron chi connectivity index (χ3n) is 6.82. The van der Waals surface area contributed by atoms with Crippen LogP contribution < -0.4 is 10.3 Å². The fraction of sp³-hybridized carbons (Fsp3) is 0.375. The van der Waals surface area contributed by atoms with Gasteiger partial charge < -0.3 is 19.2 Å². The molecule has 2 bridgehead atoms. The number of rotatable bonds is 3. The largest absolute Gasteiger partial charge is 0.493 e. The predicted molar refractivity (Wildman–Crippen MR) is 115 cm³/mol. The maximum atomic E-state index is 13.1. The number of hydrogen-bond acceptors (Lipinski definition) is 4. The molecule has 2 atom stereocenters. The highest BCUT2D eigenvalue weighted by atomic mass is 16.5. The summed E-state index contributed by atoms with van der Waals surface area (Å²) in [5.41, 5.74) is 3.87. The molecule has 3 aliphatic rings. The lowest BCUT2D eigenvalue weighted by Gasteiger charge is -2.43. The number of likely N-dealkylation sites (tertiary alicyclic amines) is 1. The van der Waals surface area contributed by atoms with E-state index in [1.165, 1.54) is 5.56 Å². The number of carbonyl (C=O) groups is 1. The number of piperidine rings is 1.